The molecule has 3 rings (SSSR count). The molecule has 0 aliphatic carbocycles. The monoisotopic (exact) mass is 612 g/mol. The predicted octanol–water partition coefficient (Wildman–Crippen LogP) is 4.38. The molecule has 2 aromatic carbocycles. The van der Waals surface area contributed by atoms with E-state index in [0.717, 1.165) is 22.6 Å². The second kappa shape index (κ2) is 16.6. The normalized spacial score (nSPS) is 16.5. The molecule has 1 aliphatic heterocycles. The maximum atomic E-state index is 13.8. The van der Waals surface area contributed by atoms with Crippen LogP contribution in [0.3, 0.4) is 0 Å². The van der Waals surface area contributed by atoms with Gasteiger partial charge in [0.1, 0.15) is 11.6 Å². The number of rotatable bonds is 12. The van der Waals surface area contributed by atoms with Crippen molar-refractivity contribution in [3.8, 4) is 0 Å². The smallest absolute Gasteiger partial charge is 0.407 e. The molecular formula is C33H48N4O5S. The summed E-state index contributed by atoms with van der Waals surface area (Å²) < 4.78 is 5.52. The number of ether oxygens (including phenoxy) is 1. The summed E-state index contributed by atoms with van der Waals surface area (Å²) in [7, 11) is 0. The quantitative estimate of drug-likeness (QED) is 0.282. The van der Waals surface area contributed by atoms with Crippen LogP contribution in [0.5, 0.6) is 0 Å². The summed E-state index contributed by atoms with van der Waals surface area (Å²) in [6.45, 7) is 10.6. The lowest BCUT2D eigenvalue weighted by Crippen LogP contribution is -2.60. The fourth-order valence-electron chi connectivity index (χ4n) is 4.98. The van der Waals surface area contributed by atoms with Gasteiger partial charge < -0.3 is 30.7 Å². The lowest BCUT2D eigenvalue weighted by molar-refractivity contribution is -0.125. The van der Waals surface area contributed by atoms with Gasteiger partial charge in [0.05, 0.1) is 18.2 Å². The summed E-state index contributed by atoms with van der Waals surface area (Å²) in [4.78, 5) is 41.5. The van der Waals surface area contributed by atoms with Gasteiger partial charge in [0, 0.05) is 24.6 Å². The van der Waals surface area contributed by atoms with Gasteiger partial charge in [-0.1, -0.05) is 74.5 Å². The minimum atomic E-state index is -1.17. The molecular weight excluding hydrogens is 564 g/mol. The standard InChI is InChI=1S/C33H48N4O5S/c1-23(2)20-28(35-31(40)37-16-18-43-19-17-37)30(39)34-26(21-24-12-8-6-9-13-24)29(38)27(22-25-14-10-7-11-15-25)36-32(41)42-33(3,4)5/h6-15,23,26-29,38H,16-22H2,1-5H3,(H,34,39)(H,35,40)(H,36,41)/t26?,27?,28-,29?/m0/s1. The molecule has 43 heavy (non-hydrogen) atoms. The van der Waals surface area contributed by atoms with Crippen molar-refractivity contribution in [1.82, 2.24) is 20.9 Å². The zero-order valence-corrected chi connectivity index (χ0v) is 26.9. The number of aliphatic hydroxyl groups excluding tert-OH is 1. The van der Waals surface area contributed by atoms with Crippen molar-refractivity contribution in [3.63, 3.8) is 0 Å². The van der Waals surface area contributed by atoms with E-state index >= 15 is 0 Å². The molecule has 0 bridgehead atoms. The molecule has 236 valence electrons. The summed E-state index contributed by atoms with van der Waals surface area (Å²) in [5.41, 5.74) is 1.11. The van der Waals surface area contributed by atoms with E-state index in [1.54, 1.807) is 37.4 Å². The number of hydrogen-bond donors (Lipinski definition) is 4. The molecule has 1 saturated heterocycles. The first-order chi connectivity index (χ1) is 20.4. The second-order valence-corrected chi connectivity index (χ2v) is 13.7. The molecule has 3 unspecified atom stereocenters. The molecule has 10 heteroatoms. The Hall–Kier alpha value is -3.24. The van der Waals surface area contributed by atoms with E-state index in [1.807, 2.05) is 74.5 Å². The summed E-state index contributed by atoms with van der Waals surface area (Å²) in [6, 6.07) is 16.6. The largest absolute Gasteiger partial charge is 0.444 e. The Morgan fingerprint density at radius 1 is 0.860 bits per heavy atom. The molecule has 1 heterocycles. The van der Waals surface area contributed by atoms with Gasteiger partial charge in [-0.15, -0.1) is 0 Å². The Bertz CT molecular complexity index is 1150. The zero-order chi connectivity index (χ0) is 31.4. The second-order valence-electron chi connectivity index (χ2n) is 12.5. The van der Waals surface area contributed by atoms with Crippen molar-refractivity contribution < 1.29 is 24.2 Å². The molecule has 0 saturated carbocycles. The van der Waals surface area contributed by atoms with Gasteiger partial charge in [-0.2, -0.15) is 11.8 Å². The van der Waals surface area contributed by atoms with Gasteiger partial charge in [-0.3, -0.25) is 4.79 Å². The molecule has 0 radical (unpaired) electrons. The number of thioether (sulfide) groups is 1. The number of carbonyl (C=O) groups is 3. The zero-order valence-electron chi connectivity index (χ0n) is 26.0. The Kier molecular flexibility index (Phi) is 13.2. The van der Waals surface area contributed by atoms with E-state index in [4.69, 9.17) is 4.74 Å². The summed E-state index contributed by atoms with van der Waals surface area (Å²) in [5.74, 6) is 1.51. The maximum Gasteiger partial charge on any atom is 0.407 e. The maximum absolute atomic E-state index is 13.8. The number of hydrogen-bond acceptors (Lipinski definition) is 6. The topological polar surface area (TPSA) is 120 Å². The Labute approximate surface area is 260 Å². The molecule has 4 N–H and O–H groups in total. The van der Waals surface area contributed by atoms with Gasteiger partial charge in [-0.05, 0) is 57.1 Å². The van der Waals surface area contributed by atoms with Crippen molar-refractivity contribution in [2.24, 2.45) is 5.92 Å². The SMILES string of the molecule is CC(C)C[C@H](NC(=O)N1CCSCC1)C(=O)NC(Cc1ccccc1)C(O)C(Cc1ccccc1)NC(=O)OC(C)(C)C. The number of urea groups is 1. The Morgan fingerprint density at radius 3 is 1.86 bits per heavy atom. The molecule has 0 spiro atoms. The van der Waals surface area contributed by atoms with E-state index in [0.29, 0.717) is 32.4 Å². The lowest BCUT2D eigenvalue weighted by Gasteiger charge is -2.34. The molecule has 0 aromatic heterocycles. The van der Waals surface area contributed by atoms with Crippen molar-refractivity contribution in [2.45, 2.75) is 83.7 Å². The molecule has 4 amide bonds. The minimum Gasteiger partial charge on any atom is -0.444 e. The van der Waals surface area contributed by atoms with E-state index < -0.39 is 35.9 Å². The molecule has 4 atom stereocenters. The highest BCUT2D eigenvalue weighted by Crippen LogP contribution is 2.17. The number of alkyl carbamates (subject to hydrolysis) is 1. The number of carbonyl (C=O) groups excluding carboxylic acids is 3. The van der Waals surface area contributed by atoms with Crippen molar-refractivity contribution in [2.75, 3.05) is 24.6 Å². The molecule has 1 aliphatic rings. The van der Waals surface area contributed by atoms with E-state index in [2.05, 4.69) is 16.0 Å². The van der Waals surface area contributed by atoms with Crippen LogP contribution < -0.4 is 16.0 Å². The van der Waals surface area contributed by atoms with Crippen LogP contribution in [-0.2, 0) is 22.4 Å². The molecule has 1 fully saturated rings. The number of nitrogens with one attached hydrogen (secondary N) is 3. The van der Waals surface area contributed by atoms with Crippen molar-refractivity contribution in [1.29, 1.82) is 0 Å². The summed E-state index contributed by atoms with van der Waals surface area (Å²) in [6.07, 6.45) is -0.742. The van der Waals surface area contributed by atoms with Crippen molar-refractivity contribution >= 4 is 29.8 Å². The number of aliphatic hydroxyl groups is 1. The first-order valence-electron chi connectivity index (χ1n) is 15.1. The third kappa shape index (κ3) is 12.1. The van der Waals surface area contributed by atoms with Crippen LogP contribution in [-0.4, -0.2) is 82.5 Å². The number of benzene rings is 2. The summed E-state index contributed by atoms with van der Waals surface area (Å²) >= 11 is 1.81. The first kappa shape index (κ1) is 34.3. The number of amides is 4. The highest BCUT2D eigenvalue weighted by molar-refractivity contribution is 7.99. The van der Waals surface area contributed by atoms with Crippen molar-refractivity contribution in [3.05, 3.63) is 71.8 Å². The van der Waals surface area contributed by atoms with Crippen LogP contribution in [0, 0.1) is 5.92 Å². The van der Waals surface area contributed by atoms with Crippen LogP contribution in [0.2, 0.25) is 0 Å². The van der Waals surface area contributed by atoms with Gasteiger partial charge in [0.2, 0.25) is 5.91 Å². The highest BCUT2D eigenvalue weighted by atomic mass is 32.2. The van der Waals surface area contributed by atoms with Gasteiger partial charge >= 0.3 is 12.1 Å². The Morgan fingerprint density at radius 2 is 1.37 bits per heavy atom. The third-order valence-electron chi connectivity index (χ3n) is 7.07. The minimum absolute atomic E-state index is 0.144. The lowest BCUT2D eigenvalue weighted by atomic mass is 9.92. The van der Waals surface area contributed by atoms with Gasteiger partial charge in [0.25, 0.3) is 0 Å². The third-order valence-corrected chi connectivity index (χ3v) is 8.01. The van der Waals surface area contributed by atoms with Gasteiger partial charge in [0.15, 0.2) is 0 Å². The molecule has 9 nitrogen and oxygen atoms in total. The predicted molar refractivity (Wildman–Crippen MR) is 172 cm³/mol. The van der Waals surface area contributed by atoms with Crippen LogP contribution in [0.4, 0.5) is 9.59 Å². The van der Waals surface area contributed by atoms with E-state index in [-0.39, 0.29) is 17.9 Å². The van der Waals surface area contributed by atoms with Crippen LogP contribution >= 0.6 is 11.8 Å². The molecule has 2 aromatic rings. The fraction of sp³-hybridized carbons (Fsp3) is 0.545. The van der Waals surface area contributed by atoms with Crippen LogP contribution in [0.25, 0.3) is 0 Å². The average molecular weight is 613 g/mol. The fourth-order valence-corrected chi connectivity index (χ4v) is 5.89. The number of nitrogens with zero attached hydrogens (tertiary/aromatic N) is 1. The van der Waals surface area contributed by atoms with Crippen LogP contribution in [0.1, 0.15) is 52.2 Å². The Balaban J connectivity index is 1.86. The first-order valence-corrected chi connectivity index (χ1v) is 16.3. The summed E-state index contributed by atoms with van der Waals surface area (Å²) in [5, 5.41) is 20.7. The van der Waals surface area contributed by atoms with E-state index in [1.165, 1.54) is 0 Å². The average Bonchev–Trinajstić information content (AvgIpc) is 2.96. The highest BCUT2D eigenvalue weighted by Gasteiger charge is 2.34. The van der Waals surface area contributed by atoms with E-state index in [9.17, 15) is 19.5 Å². The van der Waals surface area contributed by atoms with Crippen LogP contribution in [0.15, 0.2) is 60.7 Å². The van der Waals surface area contributed by atoms with Gasteiger partial charge in [-0.25, -0.2) is 9.59 Å².